The maximum Gasteiger partial charge on any atom is 0.256 e. The van der Waals surface area contributed by atoms with Gasteiger partial charge >= 0.3 is 0 Å². The Hall–Kier alpha value is -2.47. The van der Waals surface area contributed by atoms with Gasteiger partial charge < -0.3 is 15.4 Å². The molecule has 0 bridgehead atoms. The first-order valence-corrected chi connectivity index (χ1v) is 8.86. The van der Waals surface area contributed by atoms with Gasteiger partial charge in [-0.05, 0) is 37.1 Å². The number of carbonyl (C=O) groups excluding carboxylic acids is 2. The van der Waals surface area contributed by atoms with Crippen molar-refractivity contribution in [1.29, 1.82) is 0 Å². The van der Waals surface area contributed by atoms with Gasteiger partial charge in [-0.3, -0.25) is 9.59 Å². The van der Waals surface area contributed by atoms with Crippen molar-refractivity contribution in [2.75, 3.05) is 13.7 Å². The van der Waals surface area contributed by atoms with Crippen LogP contribution in [0.3, 0.4) is 0 Å². The van der Waals surface area contributed by atoms with Crippen molar-refractivity contribution in [3.63, 3.8) is 0 Å². The van der Waals surface area contributed by atoms with Gasteiger partial charge in [-0.25, -0.2) is 0 Å². The van der Waals surface area contributed by atoms with Crippen molar-refractivity contribution in [1.82, 2.24) is 10.6 Å². The molecular formula is C19H20N2O3S. The highest BCUT2D eigenvalue weighted by molar-refractivity contribution is 8.01. The van der Waals surface area contributed by atoms with Crippen LogP contribution in [-0.2, 0) is 11.2 Å². The number of thioether (sulfide) groups is 1. The molecule has 1 aliphatic rings. The molecule has 6 heteroatoms. The Bertz CT molecular complexity index is 809. The molecule has 3 rings (SSSR count). The van der Waals surface area contributed by atoms with Gasteiger partial charge in [0.15, 0.2) is 4.87 Å². The Morgan fingerprint density at radius 1 is 1.20 bits per heavy atom. The van der Waals surface area contributed by atoms with E-state index in [1.54, 1.807) is 20.1 Å². The zero-order valence-corrected chi connectivity index (χ0v) is 15.0. The van der Waals surface area contributed by atoms with Crippen molar-refractivity contribution in [2.24, 2.45) is 0 Å². The fourth-order valence-electron chi connectivity index (χ4n) is 2.76. The summed E-state index contributed by atoms with van der Waals surface area (Å²) in [4.78, 5) is 24.7. The first-order valence-electron chi connectivity index (χ1n) is 8.04. The van der Waals surface area contributed by atoms with Crippen molar-refractivity contribution >= 4 is 23.6 Å². The highest BCUT2D eigenvalue weighted by atomic mass is 32.2. The van der Waals surface area contributed by atoms with E-state index in [1.165, 1.54) is 11.8 Å². The molecule has 25 heavy (non-hydrogen) atoms. The number of amides is 2. The number of rotatable bonds is 5. The van der Waals surface area contributed by atoms with E-state index in [0.29, 0.717) is 18.5 Å². The van der Waals surface area contributed by atoms with Crippen LogP contribution in [-0.4, -0.2) is 30.3 Å². The number of ether oxygens (including phenoxy) is 1. The Balaban J connectivity index is 1.64. The molecule has 0 saturated heterocycles. The molecule has 0 saturated carbocycles. The first-order chi connectivity index (χ1) is 12.0. The number of nitrogens with one attached hydrogen (secondary N) is 2. The topological polar surface area (TPSA) is 67.4 Å². The molecule has 0 aliphatic carbocycles. The summed E-state index contributed by atoms with van der Waals surface area (Å²) in [5.41, 5.74) is 1.63. The second-order valence-electron chi connectivity index (χ2n) is 5.90. The van der Waals surface area contributed by atoms with Crippen LogP contribution >= 0.6 is 11.8 Å². The second kappa shape index (κ2) is 7.19. The molecule has 0 unspecified atom stereocenters. The Morgan fingerprint density at radius 2 is 1.92 bits per heavy atom. The minimum Gasteiger partial charge on any atom is -0.496 e. The monoisotopic (exact) mass is 356 g/mol. The van der Waals surface area contributed by atoms with Gasteiger partial charge in [0.1, 0.15) is 5.75 Å². The highest BCUT2D eigenvalue weighted by Crippen LogP contribution is 2.37. The Kier molecular flexibility index (Phi) is 4.99. The smallest absolute Gasteiger partial charge is 0.256 e. The minimum atomic E-state index is -1.02. The zero-order chi connectivity index (χ0) is 17.9. The lowest BCUT2D eigenvalue weighted by Gasteiger charge is -2.33. The van der Waals surface area contributed by atoms with E-state index in [9.17, 15) is 9.59 Å². The molecule has 1 heterocycles. The van der Waals surface area contributed by atoms with Crippen LogP contribution in [0.1, 0.15) is 22.8 Å². The molecule has 1 atom stereocenters. The number of fused-ring (bicyclic) bond motifs is 1. The lowest BCUT2D eigenvalue weighted by atomic mass is 10.1. The van der Waals surface area contributed by atoms with Gasteiger partial charge in [0.2, 0.25) is 0 Å². The minimum absolute atomic E-state index is 0.213. The third-order valence-electron chi connectivity index (χ3n) is 4.10. The lowest BCUT2D eigenvalue weighted by molar-refractivity contribution is -0.123. The van der Waals surface area contributed by atoms with Crippen molar-refractivity contribution < 1.29 is 14.3 Å². The number of methoxy groups -OCH3 is 1. The Morgan fingerprint density at radius 3 is 2.72 bits per heavy atom. The highest BCUT2D eigenvalue weighted by Gasteiger charge is 2.40. The van der Waals surface area contributed by atoms with Gasteiger partial charge in [-0.1, -0.05) is 42.1 Å². The predicted octanol–water partition coefficient (Wildman–Crippen LogP) is 2.61. The number of para-hydroxylation sites is 1. The molecule has 0 aromatic heterocycles. The van der Waals surface area contributed by atoms with E-state index < -0.39 is 4.87 Å². The van der Waals surface area contributed by atoms with Crippen LogP contribution in [0.2, 0.25) is 0 Å². The van der Waals surface area contributed by atoms with Crippen molar-refractivity contribution in [3.05, 3.63) is 59.7 Å². The maximum absolute atomic E-state index is 12.6. The largest absolute Gasteiger partial charge is 0.496 e. The number of hydrogen-bond acceptors (Lipinski definition) is 4. The van der Waals surface area contributed by atoms with E-state index in [-0.39, 0.29) is 11.8 Å². The molecule has 2 aromatic rings. The van der Waals surface area contributed by atoms with E-state index in [1.807, 2.05) is 42.5 Å². The molecule has 0 radical (unpaired) electrons. The van der Waals surface area contributed by atoms with Gasteiger partial charge in [0.05, 0.1) is 12.7 Å². The molecule has 2 aromatic carbocycles. The quantitative estimate of drug-likeness (QED) is 0.864. The summed E-state index contributed by atoms with van der Waals surface area (Å²) in [5.74, 6) is 0.365. The van der Waals surface area contributed by atoms with Crippen molar-refractivity contribution in [2.45, 2.75) is 23.1 Å². The molecule has 5 nitrogen and oxygen atoms in total. The zero-order valence-electron chi connectivity index (χ0n) is 14.2. The SMILES string of the molecule is COc1ccccc1CCNC(=O)[C@@]1(C)NC(=O)c2ccccc2S1. The van der Waals surface area contributed by atoms with Crippen LogP contribution in [0.5, 0.6) is 5.75 Å². The summed E-state index contributed by atoms with van der Waals surface area (Å²) in [6.07, 6.45) is 0.654. The second-order valence-corrected chi connectivity index (χ2v) is 7.36. The van der Waals surface area contributed by atoms with E-state index in [2.05, 4.69) is 10.6 Å². The summed E-state index contributed by atoms with van der Waals surface area (Å²) < 4.78 is 5.32. The standard InChI is InChI=1S/C19H20N2O3S/c1-19(21-17(22)14-8-4-6-10-16(14)25-19)18(23)20-12-11-13-7-3-5-9-15(13)24-2/h3-10H,11-12H2,1-2H3,(H,20,23)(H,21,22)/t19-/m0/s1. The van der Waals surface area contributed by atoms with Gasteiger partial charge in [-0.2, -0.15) is 0 Å². The molecular weight excluding hydrogens is 336 g/mol. The fraction of sp³-hybridized carbons (Fsp3) is 0.263. The van der Waals surface area contributed by atoms with Gasteiger partial charge in [0.25, 0.3) is 11.8 Å². The number of hydrogen-bond donors (Lipinski definition) is 2. The van der Waals surface area contributed by atoms with E-state index >= 15 is 0 Å². The van der Waals surface area contributed by atoms with E-state index in [4.69, 9.17) is 4.74 Å². The molecule has 130 valence electrons. The van der Waals surface area contributed by atoms with Crippen LogP contribution < -0.4 is 15.4 Å². The molecule has 1 aliphatic heterocycles. The van der Waals surface area contributed by atoms with Crippen LogP contribution in [0.15, 0.2) is 53.4 Å². The third-order valence-corrected chi connectivity index (χ3v) is 5.38. The molecule has 0 fully saturated rings. The first kappa shape index (κ1) is 17.4. The summed E-state index contributed by atoms with van der Waals surface area (Å²) in [6, 6.07) is 15.0. The number of benzene rings is 2. The summed E-state index contributed by atoms with van der Waals surface area (Å²) in [6.45, 7) is 2.19. The Labute approximate surface area is 151 Å². The van der Waals surface area contributed by atoms with Gasteiger partial charge in [0, 0.05) is 11.4 Å². The van der Waals surface area contributed by atoms with Crippen LogP contribution in [0, 0.1) is 0 Å². The van der Waals surface area contributed by atoms with E-state index in [0.717, 1.165) is 16.2 Å². The summed E-state index contributed by atoms with van der Waals surface area (Å²) >= 11 is 1.36. The third kappa shape index (κ3) is 3.64. The molecule has 2 amide bonds. The lowest BCUT2D eigenvalue weighted by Crippen LogP contribution is -2.56. The average Bonchev–Trinajstić information content (AvgIpc) is 2.62. The fourth-order valence-corrected chi connectivity index (χ4v) is 3.93. The van der Waals surface area contributed by atoms with Gasteiger partial charge in [-0.15, -0.1) is 0 Å². The summed E-state index contributed by atoms with van der Waals surface area (Å²) in [5, 5.41) is 5.72. The maximum atomic E-state index is 12.6. The molecule has 0 spiro atoms. The van der Waals surface area contributed by atoms with Crippen LogP contribution in [0.25, 0.3) is 0 Å². The number of carbonyl (C=O) groups is 2. The molecule has 2 N–H and O–H groups in total. The summed E-state index contributed by atoms with van der Waals surface area (Å²) in [7, 11) is 1.63. The average molecular weight is 356 g/mol. The van der Waals surface area contributed by atoms with Crippen LogP contribution in [0.4, 0.5) is 0 Å². The normalized spacial score (nSPS) is 18.9. The van der Waals surface area contributed by atoms with Crippen molar-refractivity contribution in [3.8, 4) is 5.75 Å². The predicted molar refractivity (Wildman–Crippen MR) is 97.9 cm³/mol.